The second kappa shape index (κ2) is 8.33. The van der Waals surface area contributed by atoms with Gasteiger partial charge in [-0.2, -0.15) is 0 Å². The number of nitrogens with two attached hydrogens (primary N) is 2. The van der Waals surface area contributed by atoms with Crippen molar-refractivity contribution in [2.45, 2.75) is 25.8 Å². The average molecular weight is 433 g/mol. The Morgan fingerprint density at radius 1 is 1.13 bits per heavy atom. The van der Waals surface area contributed by atoms with Crippen LogP contribution in [0, 0.1) is 0 Å². The van der Waals surface area contributed by atoms with Crippen LogP contribution < -0.4 is 20.9 Å². The highest BCUT2D eigenvalue weighted by Crippen LogP contribution is 2.46. The van der Waals surface area contributed by atoms with Crippen molar-refractivity contribution in [1.29, 1.82) is 0 Å². The van der Waals surface area contributed by atoms with Gasteiger partial charge in [0.2, 0.25) is 0 Å². The Morgan fingerprint density at radius 2 is 1.83 bits per heavy atom. The van der Waals surface area contributed by atoms with Gasteiger partial charge in [0.25, 0.3) is 0 Å². The van der Waals surface area contributed by atoms with Gasteiger partial charge in [-0.3, -0.25) is 0 Å². The molecule has 0 aliphatic carbocycles. The monoisotopic (exact) mass is 432 g/mol. The molecule has 1 unspecified atom stereocenters. The molecule has 30 heavy (non-hydrogen) atoms. The molecule has 2 aromatic rings. The van der Waals surface area contributed by atoms with Crippen LogP contribution in [-0.4, -0.2) is 36.2 Å². The number of fused-ring (bicyclic) bond motifs is 1. The van der Waals surface area contributed by atoms with Gasteiger partial charge >= 0.3 is 18.0 Å². The molecular weight excluding hydrogens is 410 g/mol. The van der Waals surface area contributed by atoms with Gasteiger partial charge in [-0.25, -0.2) is 14.4 Å². The number of carbonyl (C=O) groups is 3. The zero-order valence-corrected chi connectivity index (χ0v) is 17.4. The van der Waals surface area contributed by atoms with Crippen LogP contribution in [0.3, 0.4) is 0 Å². The Balaban J connectivity index is 2.03. The number of amides is 5. The molecule has 1 aliphatic heterocycles. The normalized spacial score (nSPS) is 16.8. The number of rotatable bonds is 6. The van der Waals surface area contributed by atoms with Crippen molar-refractivity contribution in [2.75, 3.05) is 13.7 Å². The van der Waals surface area contributed by atoms with Gasteiger partial charge < -0.3 is 20.9 Å². The molecule has 1 atom stereocenters. The van der Waals surface area contributed by atoms with Crippen molar-refractivity contribution in [2.24, 2.45) is 11.5 Å². The molecule has 0 bridgehead atoms. The van der Waals surface area contributed by atoms with E-state index in [1.165, 1.54) is 6.07 Å². The van der Waals surface area contributed by atoms with E-state index in [1.807, 2.05) is 19.1 Å². The van der Waals surface area contributed by atoms with Crippen molar-refractivity contribution >= 4 is 29.6 Å². The van der Waals surface area contributed by atoms with Crippen LogP contribution in [0.15, 0.2) is 36.4 Å². The quantitative estimate of drug-likeness (QED) is 0.676. The molecule has 2 aromatic carbocycles. The number of halogens is 1. The third-order valence-corrected chi connectivity index (χ3v) is 5.66. The van der Waals surface area contributed by atoms with Crippen molar-refractivity contribution < 1.29 is 28.3 Å². The number of carbonyl (C=O) groups excluding carboxylic acids is 3. The first kappa shape index (κ1) is 21.6. The Labute approximate surface area is 178 Å². The molecule has 1 aliphatic rings. The average Bonchev–Trinajstić information content (AvgIpc) is 2.97. The zero-order valence-electron chi connectivity index (χ0n) is 16.7. The third-order valence-electron chi connectivity index (χ3n) is 5.33. The fourth-order valence-corrected chi connectivity index (χ4v) is 4.29. The minimum atomic E-state index is -1.31. The maximum absolute atomic E-state index is 13.1. The number of nitrogens with zero attached hydrogens (tertiary/aromatic N) is 1. The highest BCUT2D eigenvalue weighted by atomic mass is 35.5. The summed E-state index contributed by atoms with van der Waals surface area (Å²) in [6.07, 6.45) is 0.638. The van der Waals surface area contributed by atoms with Crippen molar-refractivity contribution in [3.05, 3.63) is 58.1 Å². The lowest BCUT2D eigenvalue weighted by Crippen LogP contribution is -2.63. The van der Waals surface area contributed by atoms with Crippen molar-refractivity contribution in [1.82, 2.24) is 0 Å². The van der Waals surface area contributed by atoms with E-state index in [1.54, 1.807) is 25.3 Å². The van der Waals surface area contributed by atoms with Crippen LogP contribution in [0.4, 0.5) is 9.59 Å². The highest BCUT2D eigenvalue weighted by Gasteiger charge is 2.63. The largest absolute Gasteiger partial charge is 0.493 e. The van der Waals surface area contributed by atoms with Gasteiger partial charge in [0.1, 0.15) is 6.04 Å². The lowest BCUT2D eigenvalue weighted by atomic mass is 9.97. The topological polar surface area (TPSA) is 122 Å². The predicted octanol–water partition coefficient (Wildman–Crippen LogP) is 3.55. The number of benzene rings is 2. The van der Waals surface area contributed by atoms with E-state index >= 15 is 0 Å². The molecule has 5 amide bonds. The van der Waals surface area contributed by atoms with Crippen LogP contribution in [0.2, 0.25) is 5.02 Å². The summed E-state index contributed by atoms with van der Waals surface area (Å²) in [4.78, 5) is 37.9. The SMILES string of the molecule is CCOc1cc(CCC2c3c(Cl)cccc3C(=O)[N+]2(C(N)=O)C(N)=O)ccc1OC. The van der Waals surface area contributed by atoms with E-state index in [9.17, 15) is 14.4 Å². The number of hydrogen-bond donors (Lipinski definition) is 2. The summed E-state index contributed by atoms with van der Waals surface area (Å²) in [6, 6.07) is 6.94. The number of methoxy groups -OCH3 is 1. The molecule has 0 saturated carbocycles. The van der Waals surface area contributed by atoms with Gasteiger partial charge in [-0.1, -0.05) is 28.2 Å². The molecule has 0 fully saturated rings. The fraction of sp³-hybridized carbons (Fsp3) is 0.286. The summed E-state index contributed by atoms with van der Waals surface area (Å²) in [5, 5.41) is 0.276. The fourth-order valence-electron chi connectivity index (χ4n) is 3.99. The summed E-state index contributed by atoms with van der Waals surface area (Å²) in [6.45, 7) is 2.32. The number of quaternary nitrogens is 1. The van der Waals surface area contributed by atoms with E-state index in [0.717, 1.165) is 5.56 Å². The smallest absolute Gasteiger partial charge is 0.431 e. The second-order valence-electron chi connectivity index (χ2n) is 6.88. The van der Waals surface area contributed by atoms with E-state index in [-0.39, 0.29) is 17.0 Å². The Morgan fingerprint density at radius 3 is 2.43 bits per heavy atom. The molecule has 158 valence electrons. The molecule has 0 spiro atoms. The number of imide groups is 3. The number of ether oxygens (including phenoxy) is 2. The summed E-state index contributed by atoms with van der Waals surface area (Å²) in [5.74, 6) is 0.399. The lowest BCUT2D eigenvalue weighted by molar-refractivity contribution is -0.711. The number of hydrogen-bond acceptors (Lipinski definition) is 5. The van der Waals surface area contributed by atoms with Crippen LogP contribution in [0.1, 0.15) is 40.9 Å². The van der Waals surface area contributed by atoms with Crippen molar-refractivity contribution in [3.63, 3.8) is 0 Å². The maximum Gasteiger partial charge on any atom is 0.431 e. The summed E-state index contributed by atoms with van der Waals surface area (Å²) < 4.78 is 9.58. The highest BCUT2D eigenvalue weighted by molar-refractivity contribution is 6.32. The second-order valence-corrected chi connectivity index (χ2v) is 7.29. The van der Waals surface area contributed by atoms with Gasteiger partial charge in [-0.05, 0) is 43.2 Å². The molecule has 8 nitrogen and oxygen atoms in total. The van der Waals surface area contributed by atoms with Gasteiger partial charge in [0.05, 0.1) is 24.3 Å². The van der Waals surface area contributed by atoms with E-state index < -0.39 is 28.5 Å². The Bertz CT molecular complexity index is 1010. The van der Waals surface area contributed by atoms with E-state index in [2.05, 4.69) is 0 Å². The van der Waals surface area contributed by atoms with Crippen LogP contribution in [0.5, 0.6) is 11.5 Å². The van der Waals surface area contributed by atoms with Gasteiger partial charge in [-0.15, -0.1) is 0 Å². The van der Waals surface area contributed by atoms with Crippen LogP contribution in [0.25, 0.3) is 0 Å². The molecular formula is C21H23ClN3O5+. The minimum Gasteiger partial charge on any atom is -0.493 e. The molecule has 0 radical (unpaired) electrons. The van der Waals surface area contributed by atoms with Crippen LogP contribution in [-0.2, 0) is 6.42 Å². The standard InChI is InChI=1S/C21H22ClN3O5/c1-3-30-17-11-12(8-10-16(17)29-2)7-9-15-18-13(5-4-6-14(18)22)19(26)25(15,20(23)27)21(24)28/h4-6,8,10-11,15H,3,7,9H2,1-2H3,(H3-,23,24,27,28)/p+1. The van der Waals surface area contributed by atoms with E-state index in [0.29, 0.717) is 30.1 Å². The molecule has 3 rings (SSSR count). The lowest BCUT2D eigenvalue weighted by Gasteiger charge is -2.29. The van der Waals surface area contributed by atoms with Crippen LogP contribution >= 0.6 is 11.6 Å². The Kier molecular flexibility index (Phi) is 6.00. The van der Waals surface area contributed by atoms with Crippen molar-refractivity contribution in [3.8, 4) is 11.5 Å². The minimum absolute atomic E-state index is 0.176. The first-order valence-corrected chi connectivity index (χ1v) is 9.78. The molecule has 0 saturated heterocycles. The number of urea groups is 2. The predicted molar refractivity (Wildman–Crippen MR) is 110 cm³/mol. The first-order valence-electron chi connectivity index (χ1n) is 9.40. The summed E-state index contributed by atoms with van der Waals surface area (Å²) in [5.41, 5.74) is 12.5. The summed E-state index contributed by atoms with van der Waals surface area (Å²) in [7, 11) is 1.55. The molecule has 0 aromatic heterocycles. The zero-order chi connectivity index (χ0) is 22.1. The van der Waals surface area contributed by atoms with Gasteiger partial charge in [0, 0.05) is 12.0 Å². The number of primary amides is 2. The molecule has 4 N–H and O–H groups in total. The third kappa shape index (κ3) is 3.28. The van der Waals surface area contributed by atoms with Gasteiger partial charge in [0.15, 0.2) is 11.5 Å². The molecule has 1 heterocycles. The molecule has 9 heteroatoms. The Hall–Kier alpha value is -3.10. The summed E-state index contributed by atoms with van der Waals surface area (Å²) >= 11 is 6.35. The maximum atomic E-state index is 13.1. The first-order chi connectivity index (χ1) is 14.3. The van der Waals surface area contributed by atoms with E-state index in [4.69, 9.17) is 32.5 Å². The number of aryl methyl sites for hydroxylation is 1.